The highest BCUT2D eigenvalue weighted by atomic mass is 15.5. The Kier molecular flexibility index (Phi) is 3.75. The summed E-state index contributed by atoms with van der Waals surface area (Å²) in [5, 5.41) is 9.83. The van der Waals surface area contributed by atoms with Crippen LogP contribution in [0.25, 0.3) is 0 Å². The van der Waals surface area contributed by atoms with Crippen LogP contribution in [0.4, 0.5) is 0 Å². The zero-order valence-electron chi connectivity index (χ0n) is 12.8. The zero-order chi connectivity index (χ0) is 13.5. The predicted octanol–water partition coefficient (Wildman–Crippen LogP) is 0.809. The molecule has 4 nitrogen and oxygen atoms in total. The van der Waals surface area contributed by atoms with Gasteiger partial charge < -0.3 is 10.6 Å². The van der Waals surface area contributed by atoms with Crippen LogP contribution in [0.15, 0.2) is 0 Å². The molecule has 114 valence electrons. The van der Waals surface area contributed by atoms with E-state index in [1.54, 1.807) is 0 Å². The van der Waals surface area contributed by atoms with Crippen molar-refractivity contribution < 1.29 is 0 Å². The summed E-state index contributed by atoms with van der Waals surface area (Å²) in [6, 6.07) is 1.52. The number of nitrogens with one attached hydrogen (secondary N) is 3. The summed E-state index contributed by atoms with van der Waals surface area (Å²) in [5.41, 5.74) is 3.57. The highest BCUT2D eigenvalue weighted by Crippen LogP contribution is 2.43. The normalized spacial score (nSPS) is 49.6. The lowest BCUT2D eigenvalue weighted by atomic mass is 9.64. The summed E-state index contributed by atoms with van der Waals surface area (Å²) in [5.74, 6) is 3.73. The molecule has 0 aromatic heterocycles. The molecule has 0 bridgehead atoms. The molecule has 1 saturated carbocycles. The fourth-order valence-corrected chi connectivity index (χ4v) is 5.46. The SMILES string of the molecule is CN1NCC2C3CC(C4CCCNC4)CCC3NCC21. The van der Waals surface area contributed by atoms with Crippen molar-refractivity contribution >= 4 is 0 Å². The van der Waals surface area contributed by atoms with E-state index >= 15 is 0 Å². The van der Waals surface area contributed by atoms with Crippen molar-refractivity contribution in [3.05, 3.63) is 0 Å². The third kappa shape index (κ3) is 2.31. The fourth-order valence-electron chi connectivity index (χ4n) is 5.46. The third-order valence-corrected chi connectivity index (χ3v) is 6.65. The summed E-state index contributed by atoms with van der Waals surface area (Å²) < 4.78 is 0. The number of hydrogen-bond acceptors (Lipinski definition) is 4. The maximum absolute atomic E-state index is 3.85. The van der Waals surface area contributed by atoms with Gasteiger partial charge in [0.25, 0.3) is 0 Å². The molecular formula is C16H30N4. The van der Waals surface area contributed by atoms with Gasteiger partial charge in [0, 0.05) is 32.2 Å². The predicted molar refractivity (Wildman–Crippen MR) is 81.3 cm³/mol. The molecule has 3 aliphatic heterocycles. The van der Waals surface area contributed by atoms with Crippen LogP contribution in [0.2, 0.25) is 0 Å². The summed E-state index contributed by atoms with van der Waals surface area (Å²) in [4.78, 5) is 0. The standard InChI is InChI=1S/C16H30N4/c1-20-16-10-18-15-5-4-11(12-3-2-6-17-8-12)7-13(15)14(16)9-19-20/h11-19H,2-10H2,1H3. The lowest BCUT2D eigenvalue weighted by Gasteiger charge is -2.48. The van der Waals surface area contributed by atoms with E-state index in [0.717, 1.165) is 35.8 Å². The van der Waals surface area contributed by atoms with Gasteiger partial charge in [-0.3, -0.25) is 5.43 Å². The van der Waals surface area contributed by atoms with Crippen molar-refractivity contribution in [3.63, 3.8) is 0 Å². The molecule has 0 aromatic carbocycles. The maximum atomic E-state index is 3.85. The Bertz CT molecular complexity index is 341. The van der Waals surface area contributed by atoms with Crippen molar-refractivity contribution in [1.82, 2.24) is 21.1 Å². The molecule has 4 rings (SSSR count). The van der Waals surface area contributed by atoms with Gasteiger partial charge in [0.1, 0.15) is 0 Å². The first-order valence-corrected chi connectivity index (χ1v) is 8.73. The van der Waals surface area contributed by atoms with E-state index in [1.165, 1.54) is 58.3 Å². The van der Waals surface area contributed by atoms with Crippen molar-refractivity contribution in [1.29, 1.82) is 0 Å². The Hall–Kier alpha value is -0.160. The number of piperidine rings is 2. The van der Waals surface area contributed by atoms with Crippen LogP contribution in [0, 0.1) is 23.7 Å². The van der Waals surface area contributed by atoms with Gasteiger partial charge in [-0.1, -0.05) is 0 Å². The number of hydrogen-bond donors (Lipinski definition) is 3. The number of rotatable bonds is 1. The molecular weight excluding hydrogens is 248 g/mol. The molecule has 6 unspecified atom stereocenters. The summed E-state index contributed by atoms with van der Waals surface area (Å²) in [6.45, 7) is 4.92. The van der Waals surface area contributed by atoms with Crippen molar-refractivity contribution in [3.8, 4) is 0 Å². The van der Waals surface area contributed by atoms with Crippen LogP contribution >= 0.6 is 0 Å². The minimum atomic E-state index is 0.722. The molecule has 3 saturated heterocycles. The number of nitrogens with zero attached hydrogens (tertiary/aromatic N) is 1. The summed E-state index contributed by atoms with van der Waals surface area (Å²) >= 11 is 0. The molecule has 4 aliphatic rings. The van der Waals surface area contributed by atoms with E-state index in [0.29, 0.717) is 0 Å². The number of likely N-dealkylation sites (N-methyl/N-ethyl adjacent to an activating group) is 1. The average molecular weight is 278 g/mol. The maximum Gasteiger partial charge on any atom is 0.0409 e. The van der Waals surface area contributed by atoms with Gasteiger partial charge in [-0.15, -0.1) is 0 Å². The van der Waals surface area contributed by atoms with E-state index in [-0.39, 0.29) is 0 Å². The molecule has 4 fully saturated rings. The smallest absolute Gasteiger partial charge is 0.0409 e. The van der Waals surface area contributed by atoms with Crippen LogP contribution in [-0.4, -0.2) is 50.3 Å². The zero-order valence-corrected chi connectivity index (χ0v) is 12.8. The van der Waals surface area contributed by atoms with E-state index in [9.17, 15) is 0 Å². The van der Waals surface area contributed by atoms with Gasteiger partial charge in [0.15, 0.2) is 0 Å². The minimum absolute atomic E-state index is 0.722. The Balaban J connectivity index is 1.45. The van der Waals surface area contributed by atoms with Gasteiger partial charge in [-0.05, 0) is 68.9 Å². The van der Waals surface area contributed by atoms with Crippen LogP contribution in [0.5, 0.6) is 0 Å². The van der Waals surface area contributed by atoms with E-state index in [2.05, 4.69) is 28.1 Å². The fraction of sp³-hybridized carbons (Fsp3) is 1.00. The van der Waals surface area contributed by atoms with Gasteiger partial charge in [0.2, 0.25) is 0 Å². The van der Waals surface area contributed by atoms with Crippen molar-refractivity contribution in [2.45, 2.75) is 44.2 Å². The monoisotopic (exact) mass is 278 g/mol. The van der Waals surface area contributed by atoms with Crippen molar-refractivity contribution in [2.75, 3.05) is 33.2 Å². The molecule has 20 heavy (non-hydrogen) atoms. The number of hydrazine groups is 1. The molecule has 6 atom stereocenters. The second-order valence-electron chi connectivity index (χ2n) is 7.56. The Morgan fingerprint density at radius 2 is 1.90 bits per heavy atom. The summed E-state index contributed by atoms with van der Waals surface area (Å²) in [7, 11) is 2.22. The van der Waals surface area contributed by atoms with Crippen LogP contribution in [-0.2, 0) is 0 Å². The topological polar surface area (TPSA) is 39.3 Å². The molecule has 0 radical (unpaired) electrons. The minimum Gasteiger partial charge on any atom is -0.316 e. The van der Waals surface area contributed by atoms with Crippen LogP contribution in [0.3, 0.4) is 0 Å². The van der Waals surface area contributed by atoms with Crippen LogP contribution < -0.4 is 16.1 Å². The molecule has 3 heterocycles. The average Bonchev–Trinajstić information content (AvgIpc) is 2.89. The largest absolute Gasteiger partial charge is 0.316 e. The van der Waals surface area contributed by atoms with Crippen molar-refractivity contribution in [2.24, 2.45) is 23.7 Å². The second-order valence-corrected chi connectivity index (χ2v) is 7.56. The summed E-state index contributed by atoms with van der Waals surface area (Å²) in [6.07, 6.45) is 7.21. The second kappa shape index (κ2) is 5.56. The van der Waals surface area contributed by atoms with E-state index < -0.39 is 0 Å². The van der Waals surface area contributed by atoms with Gasteiger partial charge >= 0.3 is 0 Å². The van der Waals surface area contributed by atoms with Gasteiger partial charge in [-0.2, -0.15) is 0 Å². The Labute approximate surface area is 123 Å². The molecule has 1 aliphatic carbocycles. The molecule has 4 heteroatoms. The van der Waals surface area contributed by atoms with Gasteiger partial charge in [-0.25, -0.2) is 5.01 Å². The first kappa shape index (κ1) is 13.5. The highest BCUT2D eigenvalue weighted by Gasteiger charge is 2.47. The highest BCUT2D eigenvalue weighted by molar-refractivity contribution is 5.02. The lowest BCUT2D eigenvalue weighted by molar-refractivity contribution is 0.0546. The molecule has 0 spiro atoms. The van der Waals surface area contributed by atoms with E-state index in [4.69, 9.17) is 0 Å². The number of fused-ring (bicyclic) bond motifs is 3. The first-order valence-electron chi connectivity index (χ1n) is 8.73. The van der Waals surface area contributed by atoms with Gasteiger partial charge in [0.05, 0.1) is 0 Å². The molecule has 0 amide bonds. The molecule has 3 N–H and O–H groups in total. The Morgan fingerprint density at radius 3 is 2.75 bits per heavy atom. The molecule has 0 aromatic rings. The van der Waals surface area contributed by atoms with E-state index in [1.807, 2.05) is 0 Å². The quantitative estimate of drug-likeness (QED) is 0.664. The van der Waals surface area contributed by atoms with Crippen LogP contribution in [0.1, 0.15) is 32.1 Å². The third-order valence-electron chi connectivity index (χ3n) is 6.65. The Morgan fingerprint density at radius 1 is 0.950 bits per heavy atom. The lowest BCUT2D eigenvalue weighted by Crippen LogP contribution is -2.57. The first-order chi connectivity index (χ1) is 9.83.